The predicted octanol–water partition coefficient (Wildman–Crippen LogP) is 2.31. The number of rotatable bonds is 3. The summed E-state index contributed by atoms with van der Waals surface area (Å²) in [7, 11) is 3.90. The number of nitrogens with zero attached hydrogens (tertiary/aromatic N) is 3. The SMILES string of the molecule is COc1cccc2c1ccn2SN1CCN(C)CC1. The summed E-state index contributed by atoms with van der Waals surface area (Å²) in [5.74, 6) is 0.940. The molecule has 1 aliphatic heterocycles. The van der Waals surface area contributed by atoms with Gasteiger partial charge in [0.1, 0.15) is 5.75 Å². The van der Waals surface area contributed by atoms with Crippen molar-refractivity contribution in [2.24, 2.45) is 0 Å². The molecule has 1 saturated heterocycles. The molecular formula is C14H19N3OS. The first-order chi connectivity index (χ1) is 9.28. The molecule has 0 spiro atoms. The van der Waals surface area contributed by atoms with Crippen molar-refractivity contribution in [1.82, 2.24) is 13.2 Å². The van der Waals surface area contributed by atoms with Crippen LogP contribution in [0.5, 0.6) is 5.75 Å². The molecule has 5 heteroatoms. The minimum atomic E-state index is 0.940. The van der Waals surface area contributed by atoms with Gasteiger partial charge in [0.15, 0.2) is 0 Å². The Balaban J connectivity index is 1.82. The summed E-state index contributed by atoms with van der Waals surface area (Å²) in [6, 6.07) is 8.31. The molecule has 1 fully saturated rings. The third-order valence-corrected chi connectivity index (χ3v) is 4.63. The molecule has 2 aromatic rings. The summed E-state index contributed by atoms with van der Waals surface area (Å²) in [4.78, 5) is 2.37. The van der Waals surface area contributed by atoms with Crippen molar-refractivity contribution < 1.29 is 4.74 Å². The van der Waals surface area contributed by atoms with Gasteiger partial charge in [-0.15, -0.1) is 0 Å². The second-order valence-corrected chi connectivity index (χ2v) is 5.92. The molecular weight excluding hydrogens is 258 g/mol. The fraction of sp³-hybridized carbons (Fsp3) is 0.429. The quantitative estimate of drug-likeness (QED) is 0.802. The van der Waals surface area contributed by atoms with Crippen LogP contribution in [0.4, 0.5) is 0 Å². The van der Waals surface area contributed by atoms with Crippen LogP contribution in [0.1, 0.15) is 0 Å². The van der Waals surface area contributed by atoms with E-state index in [1.165, 1.54) is 10.9 Å². The van der Waals surface area contributed by atoms with Crippen LogP contribution in [0, 0.1) is 0 Å². The van der Waals surface area contributed by atoms with Crippen molar-refractivity contribution in [3.63, 3.8) is 0 Å². The highest BCUT2D eigenvalue weighted by Crippen LogP contribution is 2.30. The number of likely N-dealkylation sites (N-methyl/N-ethyl adjacent to an activating group) is 1. The summed E-state index contributed by atoms with van der Waals surface area (Å²) >= 11 is 1.79. The topological polar surface area (TPSA) is 20.6 Å². The minimum Gasteiger partial charge on any atom is -0.496 e. The van der Waals surface area contributed by atoms with Gasteiger partial charge in [-0.3, -0.25) is 3.97 Å². The van der Waals surface area contributed by atoms with Gasteiger partial charge in [0, 0.05) is 49.9 Å². The lowest BCUT2D eigenvalue weighted by atomic mass is 10.2. The number of benzene rings is 1. The molecule has 0 unspecified atom stereocenters. The van der Waals surface area contributed by atoms with Crippen molar-refractivity contribution in [1.29, 1.82) is 0 Å². The summed E-state index contributed by atoms with van der Waals surface area (Å²) in [6.07, 6.45) is 2.12. The number of methoxy groups -OCH3 is 1. The Morgan fingerprint density at radius 1 is 1.11 bits per heavy atom. The van der Waals surface area contributed by atoms with Crippen LogP contribution in [-0.2, 0) is 0 Å². The molecule has 0 saturated carbocycles. The van der Waals surface area contributed by atoms with E-state index in [0.29, 0.717) is 0 Å². The van der Waals surface area contributed by atoms with Crippen LogP contribution in [0.15, 0.2) is 30.5 Å². The second-order valence-electron chi connectivity index (χ2n) is 4.85. The van der Waals surface area contributed by atoms with Crippen LogP contribution in [0.25, 0.3) is 10.9 Å². The Labute approximate surface area is 118 Å². The second kappa shape index (κ2) is 5.45. The van der Waals surface area contributed by atoms with Gasteiger partial charge in [0.2, 0.25) is 0 Å². The maximum atomic E-state index is 5.40. The number of piperazine rings is 1. The Hall–Kier alpha value is -1.17. The summed E-state index contributed by atoms with van der Waals surface area (Å²) < 4.78 is 10.0. The molecule has 0 aliphatic carbocycles. The molecule has 1 aromatic carbocycles. The normalized spacial score (nSPS) is 18.0. The number of hydrogen-bond donors (Lipinski definition) is 0. The monoisotopic (exact) mass is 277 g/mol. The molecule has 0 bridgehead atoms. The van der Waals surface area contributed by atoms with Gasteiger partial charge < -0.3 is 9.64 Å². The van der Waals surface area contributed by atoms with Crippen LogP contribution >= 0.6 is 12.1 Å². The standard InChI is InChI=1S/C14H19N3OS/c1-15-8-10-16(11-9-15)19-17-7-6-12-13(17)4-3-5-14(12)18-2/h3-7H,8-11H2,1-2H3. The van der Waals surface area contributed by atoms with Crippen LogP contribution in [0.3, 0.4) is 0 Å². The van der Waals surface area contributed by atoms with Crippen molar-refractivity contribution in [3.05, 3.63) is 30.5 Å². The van der Waals surface area contributed by atoms with E-state index in [9.17, 15) is 0 Å². The zero-order valence-corrected chi connectivity index (χ0v) is 12.2. The summed E-state index contributed by atoms with van der Waals surface area (Å²) in [5.41, 5.74) is 1.21. The first kappa shape index (κ1) is 12.8. The fourth-order valence-corrected chi connectivity index (χ4v) is 3.30. The molecule has 3 rings (SSSR count). The predicted molar refractivity (Wildman–Crippen MR) is 80.5 cm³/mol. The van der Waals surface area contributed by atoms with E-state index in [0.717, 1.165) is 31.9 Å². The molecule has 19 heavy (non-hydrogen) atoms. The average Bonchev–Trinajstić information content (AvgIpc) is 2.84. The van der Waals surface area contributed by atoms with E-state index in [2.05, 4.69) is 38.6 Å². The first-order valence-electron chi connectivity index (χ1n) is 6.54. The number of ether oxygens (including phenoxy) is 1. The van der Waals surface area contributed by atoms with E-state index in [4.69, 9.17) is 4.74 Å². The molecule has 2 heterocycles. The molecule has 0 N–H and O–H groups in total. The third-order valence-electron chi connectivity index (χ3n) is 3.54. The zero-order valence-electron chi connectivity index (χ0n) is 11.4. The number of aromatic nitrogens is 1. The highest BCUT2D eigenvalue weighted by molar-refractivity contribution is 7.95. The van der Waals surface area contributed by atoms with Crippen molar-refractivity contribution >= 4 is 23.0 Å². The van der Waals surface area contributed by atoms with Gasteiger partial charge >= 0.3 is 0 Å². The minimum absolute atomic E-state index is 0.940. The maximum Gasteiger partial charge on any atom is 0.128 e. The molecule has 1 aromatic heterocycles. The van der Waals surface area contributed by atoms with Crippen LogP contribution in [0.2, 0.25) is 0 Å². The molecule has 1 aliphatic rings. The smallest absolute Gasteiger partial charge is 0.128 e. The number of fused-ring (bicyclic) bond motifs is 1. The van der Waals surface area contributed by atoms with E-state index < -0.39 is 0 Å². The van der Waals surface area contributed by atoms with Crippen molar-refractivity contribution in [3.8, 4) is 5.75 Å². The van der Waals surface area contributed by atoms with Crippen molar-refractivity contribution in [2.45, 2.75) is 0 Å². The van der Waals surface area contributed by atoms with E-state index in [1.807, 2.05) is 12.1 Å². The Kier molecular flexibility index (Phi) is 3.68. The average molecular weight is 277 g/mol. The van der Waals surface area contributed by atoms with Gasteiger partial charge in [-0.25, -0.2) is 4.31 Å². The van der Waals surface area contributed by atoms with Gasteiger partial charge in [-0.2, -0.15) is 0 Å². The van der Waals surface area contributed by atoms with Gasteiger partial charge in [-0.1, -0.05) is 6.07 Å². The first-order valence-corrected chi connectivity index (χ1v) is 7.27. The van der Waals surface area contributed by atoms with E-state index in [1.54, 1.807) is 19.2 Å². The van der Waals surface area contributed by atoms with Gasteiger partial charge in [0.25, 0.3) is 0 Å². The molecule has 0 atom stereocenters. The zero-order chi connectivity index (χ0) is 13.2. The Bertz CT molecular complexity index is 561. The number of hydrogen-bond acceptors (Lipinski definition) is 4. The maximum absolute atomic E-state index is 5.40. The van der Waals surface area contributed by atoms with Gasteiger partial charge in [-0.05, 0) is 25.2 Å². The Morgan fingerprint density at radius 2 is 1.89 bits per heavy atom. The summed E-state index contributed by atoms with van der Waals surface area (Å²) in [6.45, 7) is 4.47. The highest BCUT2D eigenvalue weighted by Gasteiger charge is 2.16. The fourth-order valence-electron chi connectivity index (χ4n) is 2.36. The van der Waals surface area contributed by atoms with Crippen LogP contribution < -0.4 is 4.74 Å². The lowest BCUT2D eigenvalue weighted by Crippen LogP contribution is -2.41. The lowest BCUT2D eigenvalue weighted by molar-refractivity contribution is 0.233. The largest absolute Gasteiger partial charge is 0.496 e. The van der Waals surface area contributed by atoms with E-state index >= 15 is 0 Å². The Morgan fingerprint density at radius 3 is 2.63 bits per heavy atom. The van der Waals surface area contributed by atoms with Crippen LogP contribution in [-0.4, -0.2) is 53.5 Å². The molecule has 0 radical (unpaired) electrons. The van der Waals surface area contributed by atoms with Crippen molar-refractivity contribution in [2.75, 3.05) is 40.3 Å². The molecule has 4 nitrogen and oxygen atoms in total. The lowest BCUT2D eigenvalue weighted by Gasteiger charge is -2.31. The molecule has 102 valence electrons. The third kappa shape index (κ3) is 2.59. The summed E-state index contributed by atoms with van der Waals surface area (Å²) in [5, 5.41) is 1.17. The molecule has 0 amide bonds. The highest BCUT2D eigenvalue weighted by atomic mass is 32.2. The van der Waals surface area contributed by atoms with Gasteiger partial charge in [0.05, 0.1) is 12.6 Å². The van der Waals surface area contributed by atoms with E-state index in [-0.39, 0.29) is 0 Å².